The number of nitrogens with one attached hydrogen (secondary N) is 1. The summed E-state index contributed by atoms with van der Waals surface area (Å²) in [6.07, 6.45) is 4.64. The van der Waals surface area contributed by atoms with Crippen LogP contribution in [0.3, 0.4) is 0 Å². The largest absolute Gasteiger partial charge is 0.355 e. The Morgan fingerprint density at radius 2 is 2.25 bits per heavy atom. The standard InChI is InChI=1S/C12H14N2OS/c15-7-8-4-5-10-11(6-8)14(12(16)13-10)9-2-1-3-9/h4-7,9,12-13,16H,1-3H2. The number of hydrogen-bond acceptors (Lipinski definition) is 4. The first kappa shape index (κ1) is 10.0. The van der Waals surface area contributed by atoms with Crippen LogP contribution in [0.4, 0.5) is 11.4 Å². The lowest BCUT2D eigenvalue weighted by Gasteiger charge is -2.38. The van der Waals surface area contributed by atoms with Crippen LogP contribution >= 0.6 is 12.6 Å². The summed E-state index contributed by atoms with van der Waals surface area (Å²) in [5, 5.41) is 3.32. The van der Waals surface area contributed by atoms with E-state index in [9.17, 15) is 4.79 Å². The summed E-state index contributed by atoms with van der Waals surface area (Å²) in [6, 6.07) is 6.33. The molecular weight excluding hydrogens is 220 g/mol. The first-order chi connectivity index (χ1) is 7.79. The number of carbonyl (C=O) groups is 1. The van der Waals surface area contributed by atoms with Crippen LogP contribution in [0.2, 0.25) is 0 Å². The third-order valence-electron chi connectivity index (χ3n) is 3.45. The van der Waals surface area contributed by atoms with Crippen molar-refractivity contribution >= 4 is 30.3 Å². The number of rotatable bonds is 2. The molecule has 2 aliphatic rings. The summed E-state index contributed by atoms with van der Waals surface area (Å²) in [4.78, 5) is 13.1. The molecule has 3 nitrogen and oxygen atoms in total. The van der Waals surface area contributed by atoms with Crippen molar-refractivity contribution in [3.63, 3.8) is 0 Å². The first-order valence-electron chi connectivity index (χ1n) is 5.62. The molecule has 1 N–H and O–H groups in total. The van der Waals surface area contributed by atoms with Gasteiger partial charge in [-0.05, 0) is 37.5 Å². The molecule has 0 radical (unpaired) electrons. The SMILES string of the molecule is O=Cc1ccc2c(c1)N(C1CCC1)C(S)N2. The van der Waals surface area contributed by atoms with Gasteiger partial charge in [-0.15, -0.1) is 12.6 Å². The summed E-state index contributed by atoms with van der Waals surface area (Å²) in [6.45, 7) is 0. The van der Waals surface area contributed by atoms with Crippen LogP contribution in [-0.4, -0.2) is 17.8 Å². The van der Waals surface area contributed by atoms with E-state index in [1.807, 2.05) is 18.2 Å². The maximum atomic E-state index is 10.8. The molecule has 3 rings (SSSR count). The summed E-state index contributed by atoms with van der Waals surface area (Å²) >= 11 is 4.55. The maximum absolute atomic E-state index is 10.8. The van der Waals surface area contributed by atoms with E-state index in [0.29, 0.717) is 6.04 Å². The fourth-order valence-corrected chi connectivity index (χ4v) is 2.81. The van der Waals surface area contributed by atoms with Gasteiger partial charge in [-0.25, -0.2) is 0 Å². The number of hydrogen-bond donors (Lipinski definition) is 2. The number of aldehydes is 1. The zero-order chi connectivity index (χ0) is 11.1. The topological polar surface area (TPSA) is 32.3 Å². The van der Waals surface area contributed by atoms with Gasteiger partial charge in [-0.2, -0.15) is 0 Å². The molecule has 1 aromatic rings. The second-order valence-corrected chi connectivity index (χ2v) is 4.89. The lowest BCUT2D eigenvalue weighted by Crippen LogP contribution is -2.44. The average Bonchev–Trinajstić information content (AvgIpc) is 2.53. The Morgan fingerprint density at radius 1 is 1.44 bits per heavy atom. The lowest BCUT2D eigenvalue weighted by atomic mass is 9.91. The van der Waals surface area contributed by atoms with Gasteiger partial charge >= 0.3 is 0 Å². The molecule has 0 aromatic heterocycles. The molecule has 1 aliphatic carbocycles. The zero-order valence-corrected chi connectivity index (χ0v) is 9.78. The molecule has 1 unspecified atom stereocenters. The van der Waals surface area contributed by atoms with Crippen molar-refractivity contribution in [1.82, 2.24) is 0 Å². The minimum atomic E-state index is 0.0437. The minimum Gasteiger partial charge on any atom is -0.355 e. The van der Waals surface area contributed by atoms with Crippen LogP contribution < -0.4 is 10.2 Å². The van der Waals surface area contributed by atoms with Gasteiger partial charge in [0.2, 0.25) is 0 Å². The molecule has 1 atom stereocenters. The van der Waals surface area contributed by atoms with Crippen LogP contribution in [0.25, 0.3) is 0 Å². The molecule has 1 saturated carbocycles. The van der Waals surface area contributed by atoms with Gasteiger partial charge in [0.25, 0.3) is 0 Å². The highest BCUT2D eigenvalue weighted by Crippen LogP contribution is 2.41. The van der Waals surface area contributed by atoms with Crippen molar-refractivity contribution in [3.05, 3.63) is 23.8 Å². The molecule has 84 valence electrons. The van der Waals surface area contributed by atoms with Gasteiger partial charge in [0, 0.05) is 11.6 Å². The number of nitrogens with zero attached hydrogens (tertiary/aromatic N) is 1. The number of carbonyl (C=O) groups excluding carboxylic acids is 1. The summed E-state index contributed by atoms with van der Waals surface area (Å²) in [5.74, 6) is 0. The molecule has 1 aromatic carbocycles. The van der Waals surface area contributed by atoms with Gasteiger partial charge < -0.3 is 10.2 Å². The van der Waals surface area contributed by atoms with Crippen molar-refractivity contribution in [1.29, 1.82) is 0 Å². The predicted molar refractivity (Wildman–Crippen MR) is 68.3 cm³/mol. The van der Waals surface area contributed by atoms with Crippen molar-refractivity contribution in [3.8, 4) is 0 Å². The third kappa shape index (κ3) is 1.40. The molecular formula is C12H14N2OS. The number of fused-ring (bicyclic) bond motifs is 1. The molecule has 4 heteroatoms. The van der Waals surface area contributed by atoms with Crippen LogP contribution in [0.5, 0.6) is 0 Å². The Kier molecular flexibility index (Phi) is 2.32. The number of benzene rings is 1. The van der Waals surface area contributed by atoms with Gasteiger partial charge in [-0.3, -0.25) is 4.79 Å². The second kappa shape index (κ2) is 3.70. The molecule has 1 fully saturated rings. The first-order valence-corrected chi connectivity index (χ1v) is 6.13. The van der Waals surface area contributed by atoms with Crippen molar-refractivity contribution in [2.24, 2.45) is 0 Å². The molecule has 16 heavy (non-hydrogen) atoms. The smallest absolute Gasteiger partial charge is 0.150 e. The molecule has 0 saturated heterocycles. The highest BCUT2D eigenvalue weighted by atomic mass is 32.1. The van der Waals surface area contributed by atoms with E-state index in [1.54, 1.807) is 0 Å². The van der Waals surface area contributed by atoms with Crippen molar-refractivity contribution in [2.45, 2.75) is 30.8 Å². The van der Waals surface area contributed by atoms with Crippen molar-refractivity contribution < 1.29 is 4.79 Å². The van der Waals surface area contributed by atoms with E-state index < -0.39 is 0 Å². The highest BCUT2D eigenvalue weighted by Gasteiger charge is 2.34. The predicted octanol–water partition coefficient (Wildman–Crippen LogP) is 2.50. The van der Waals surface area contributed by atoms with Crippen LogP contribution in [0.1, 0.15) is 29.6 Å². The van der Waals surface area contributed by atoms with Crippen LogP contribution in [0.15, 0.2) is 18.2 Å². The zero-order valence-electron chi connectivity index (χ0n) is 8.89. The number of anilines is 2. The Labute approximate surface area is 100 Å². The quantitative estimate of drug-likeness (QED) is 0.609. The third-order valence-corrected chi connectivity index (χ3v) is 3.83. The van der Waals surface area contributed by atoms with Crippen molar-refractivity contribution in [2.75, 3.05) is 10.2 Å². The van der Waals surface area contributed by atoms with E-state index in [1.165, 1.54) is 19.3 Å². The Morgan fingerprint density at radius 3 is 2.88 bits per heavy atom. The van der Waals surface area contributed by atoms with E-state index in [0.717, 1.165) is 23.2 Å². The lowest BCUT2D eigenvalue weighted by molar-refractivity contribution is 0.112. The van der Waals surface area contributed by atoms with Gasteiger partial charge in [-0.1, -0.05) is 0 Å². The average molecular weight is 234 g/mol. The molecule has 1 heterocycles. The maximum Gasteiger partial charge on any atom is 0.150 e. The number of thiol groups is 1. The highest BCUT2D eigenvalue weighted by molar-refractivity contribution is 7.81. The van der Waals surface area contributed by atoms with Gasteiger partial charge in [0.15, 0.2) is 0 Å². The van der Waals surface area contributed by atoms with Gasteiger partial charge in [0.05, 0.1) is 11.4 Å². The van der Waals surface area contributed by atoms with Crippen LogP contribution in [-0.2, 0) is 0 Å². The monoisotopic (exact) mass is 234 g/mol. The molecule has 0 amide bonds. The minimum absolute atomic E-state index is 0.0437. The second-order valence-electron chi connectivity index (χ2n) is 4.40. The summed E-state index contributed by atoms with van der Waals surface area (Å²) < 4.78 is 0. The van der Waals surface area contributed by atoms with E-state index in [4.69, 9.17) is 0 Å². The fraction of sp³-hybridized carbons (Fsp3) is 0.417. The fourth-order valence-electron chi connectivity index (χ4n) is 2.36. The van der Waals surface area contributed by atoms with Gasteiger partial charge in [0.1, 0.15) is 11.8 Å². The normalized spacial score (nSPS) is 23.6. The summed E-state index contributed by atoms with van der Waals surface area (Å²) in [7, 11) is 0. The molecule has 0 spiro atoms. The molecule has 1 aliphatic heterocycles. The Balaban J connectivity index is 1.99. The van der Waals surface area contributed by atoms with E-state index >= 15 is 0 Å². The summed E-state index contributed by atoms with van der Waals surface area (Å²) in [5.41, 5.74) is 2.97. The Hall–Kier alpha value is -1.16. The van der Waals surface area contributed by atoms with Crippen LogP contribution in [0, 0.1) is 0 Å². The Bertz CT molecular complexity index is 429. The van der Waals surface area contributed by atoms with E-state index in [-0.39, 0.29) is 5.50 Å². The molecule has 0 bridgehead atoms. The van der Waals surface area contributed by atoms with E-state index in [2.05, 4.69) is 22.8 Å².